The highest BCUT2D eigenvalue weighted by atomic mass is 16.5. The molecular formula is C34H34N2O6. The van der Waals surface area contributed by atoms with Crippen molar-refractivity contribution in [3.05, 3.63) is 138 Å². The number of methoxy groups -OCH3 is 1. The van der Waals surface area contributed by atoms with Crippen molar-refractivity contribution in [3.8, 4) is 5.75 Å². The maximum atomic E-state index is 13.5. The molecule has 4 aromatic carbocycles. The second kappa shape index (κ2) is 15.6. The van der Waals surface area contributed by atoms with Crippen molar-refractivity contribution in [1.82, 2.24) is 10.6 Å². The summed E-state index contributed by atoms with van der Waals surface area (Å²) in [7, 11) is 1.27. The van der Waals surface area contributed by atoms with Gasteiger partial charge in [0.05, 0.1) is 7.11 Å². The molecule has 0 aliphatic carbocycles. The molecule has 2 N–H and O–H groups in total. The molecule has 8 heteroatoms. The number of ether oxygens (including phenoxy) is 3. The fraction of sp³-hybridized carbons (Fsp3) is 0.206. The fourth-order valence-electron chi connectivity index (χ4n) is 4.27. The first-order valence-electron chi connectivity index (χ1n) is 13.6. The second-order valence-corrected chi connectivity index (χ2v) is 9.66. The Hall–Kier alpha value is -5.11. The van der Waals surface area contributed by atoms with Gasteiger partial charge in [0.1, 0.15) is 31.0 Å². The number of alkyl carbamates (subject to hydrolysis) is 1. The van der Waals surface area contributed by atoms with Crippen LogP contribution in [0.2, 0.25) is 0 Å². The lowest BCUT2D eigenvalue weighted by molar-refractivity contribution is -0.145. The molecule has 8 nitrogen and oxygen atoms in total. The van der Waals surface area contributed by atoms with E-state index in [9.17, 15) is 14.4 Å². The van der Waals surface area contributed by atoms with Crippen LogP contribution in [-0.4, -0.2) is 37.2 Å². The number of benzene rings is 4. The van der Waals surface area contributed by atoms with E-state index in [1.807, 2.05) is 115 Å². The summed E-state index contributed by atoms with van der Waals surface area (Å²) in [6, 6.07) is 33.7. The Morgan fingerprint density at radius 2 is 1.10 bits per heavy atom. The highest BCUT2D eigenvalue weighted by Gasteiger charge is 2.28. The van der Waals surface area contributed by atoms with E-state index >= 15 is 0 Å². The molecular weight excluding hydrogens is 532 g/mol. The van der Waals surface area contributed by atoms with Crippen molar-refractivity contribution in [1.29, 1.82) is 0 Å². The largest absolute Gasteiger partial charge is 0.489 e. The second-order valence-electron chi connectivity index (χ2n) is 9.66. The minimum atomic E-state index is -1.02. The summed E-state index contributed by atoms with van der Waals surface area (Å²) in [5, 5.41) is 5.42. The maximum absolute atomic E-state index is 13.5. The molecule has 216 valence electrons. The number of carbonyl (C=O) groups is 3. The summed E-state index contributed by atoms with van der Waals surface area (Å²) in [4.78, 5) is 38.8. The van der Waals surface area contributed by atoms with Gasteiger partial charge in [-0.25, -0.2) is 9.59 Å². The summed E-state index contributed by atoms with van der Waals surface area (Å²) in [6.45, 7) is 0.476. The summed E-state index contributed by atoms with van der Waals surface area (Å²) >= 11 is 0. The van der Waals surface area contributed by atoms with Crippen LogP contribution in [0.15, 0.2) is 115 Å². The fourth-order valence-corrected chi connectivity index (χ4v) is 4.27. The van der Waals surface area contributed by atoms with Gasteiger partial charge in [0.25, 0.3) is 0 Å². The molecule has 0 fully saturated rings. The maximum Gasteiger partial charge on any atom is 0.408 e. The summed E-state index contributed by atoms with van der Waals surface area (Å²) in [5.74, 6) is -0.452. The molecule has 0 saturated heterocycles. The predicted molar refractivity (Wildman–Crippen MR) is 159 cm³/mol. The van der Waals surface area contributed by atoms with Crippen LogP contribution in [0.4, 0.5) is 4.79 Å². The first-order valence-corrected chi connectivity index (χ1v) is 13.6. The highest BCUT2D eigenvalue weighted by Crippen LogP contribution is 2.16. The van der Waals surface area contributed by atoms with Gasteiger partial charge in [-0.1, -0.05) is 103 Å². The molecule has 0 aromatic heterocycles. The average Bonchev–Trinajstić information content (AvgIpc) is 3.04. The third kappa shape index (κ3) is 9.52. The molecule has 2 amide bonds. The Morgan fingerprint density at radius 1 is 0.595 bits per heavy atom. The van der Waals surface area contributed by atoms with Crippen LogP contribution in [0.1, 0.15) is 22.3 Å². The lowest BCUT2D eigenvalue weighted by atomic mass is 10.0. The molecule has 0 unspecified atom stereocenters. The molecule has 0 heterocycles. The van der Waals surface area contributed by atoms with Crippen LogP contribution < -0.4 is 15.4 Å². The number of rotatable bonds is 13. The van der Waals surface area contributed by atoms with Crippen LogP contribution >= 0.6 is 0 Å². The van der Waals surface area contributed by atoms with Crippen molar-refractivity contribution in [3.63, 3.8) is 0 Å². The van der Waals surface area contributed by atoms with Gasteiger partial charge < -0.3 is 24.8 Å². The molecule has 2 atom stereocenters. The summed E-state index contributed by atoms with van der Waals surface area (Å²) in [5.41, 5.74) is 3.50. The van der Waals surface area contributed by atoms with Crippen LogP contribution in [0.5, 0.6) is 5.75 Å². The minimum Gasteiger partial charge on any atom is -0.489 e. The molecule has 0 radical (unpaired) electrons. The minimum absolute atomic E-state index is 0.0489. The molecule has 0 saturated carbocycles. The third-order valence-electron chi connectivity index (χ3n) is 6.52. The van der Waals surface area contributed by atoms with Gasteiger partial charge in [0, 0.05) is 12.8 Å². The SMILES string of the molecule is COC(=O)[C@@H](Cc1ccccc1)NC(=O)[C@H](Cc1ccc(OCc2ccccc2)cc1)NC(=O)OCc1ccccc1. The normalized spacial score (nSPS) is 11.9. The third-order valence-corrected chi connectivity index (χ3v) is 6.52. The Labute approximate surface area is 245 Å². The van der Waals surface area contributed by atoms with Gasteiger partial charge in [0.2, 0.25) is 5.91 Å². The van der Waals surface area contributed by atoms with E-state index in [1.165, 1.54) is 7.11 Å². The van der Waals surface area contributed by atoms with Gasteiger partial charge in [0.15, 0.2) is 0 Å². The van der Waals surface area contributed by atoms with Crippen LogP contribution in [0, 0.1) is 0 Å². The lowest BCUT2D eigenvalue weighted by Crippen LogP contribution is -2.53. The summed E-state index contributed by atoms with van der Waals surface area (Å²) in [6.07, 6.45) is -0.359. The molecule has 0 aliphatic rings. The first kappa shape index (κ1) is 29.9. The zero-order chi connectivity index (χ0) is 29.6. The van der Waals surface area contributed by atoms with E-state index in [0.717, 1.165) is 22.3 Å². The van der Waals surface area contributed by atoms with Crippen molar-refractivity contribution in [2.24, 2.45) is 0 Å². The Morgan fingerprint density at radius 3 is 1.67 bits per heavy atom. The highest BCUT2D eigenvalue weighted by molar-refractivity contribution is 5.90. The zero-order valence-corrected chi connectivity index (χ0v) is 23.4. The number of esters is 1. The lowest BCUT2D eigenvalue weighted by Gasteiger charge is -2.22. The van der Waals surface area contributed by atoms with Crippen LogP contribution in [0.3, 0.4) is 0 Å². The van der Waals surface area contributed by atoms with Gasteiger partial charge in [-0.3, -0.25) is 4.79 Å². The molecule has 0 bridgehead atoms. The van der Waals surface area contributed by atoms with Gasteiger partial charge in [-0.15, -0.1) is 0 Å². The zero-order valence-electron chi connectivity index (χ0n) is 23.4. The van der Waals surface area contributed by atoms with Crippen molar-refractivity contribution in [2.45, 2.75) is 38.1 Å². The van der Waals surface area contributed by atoms with Gasteiger partial charge in [-0.2, -0.15) is 0 Å². The van der Waals surface area contributed by atoms with Crippen molar-refractivity contribution < 1.29 is 28.6 Å². The van der Waals surface area contributed by atoms with Crippen LogP contribution in [-0.2, 0) is 45.1 Å². The topological polar surface area (TPSA) is 103 Å². The Balaban J connectivity index is 1.44. The van der Waals surface area contributed by atoms with E-state index in [2.05, 4.69) is 10.6 Å². The first-order chi connectivity index (χ1) is 20.5. The van der Waals surface area contributed by atoms with E-state index in [1.54, 1.807) is 0 Å². The molecule has 4 rings (SSSR count). The molecule has 42 heavy (non-hydrogen) atoms. The van der Waals surface area contributed by atoms with Crippen molar-refractivity contribution >= 4 is 18.0 Å². The molecule has 4 aromatic rings. The van der Waals surface area contributed by atoms with E-state index < -0.39 is 30.1 Å². The van der Waals surface area contributed by atoms with Crippen molar-refractivity contribution in [2.75, 3.05) is 7.11 Å². The van der Waals surface area contributed by atoms with E-state index in [4.69, 9.17) is 14.2 Å². The quantitative estimate of drug-likeness (QED) is 0.221. The van der Waals surface area contributed by atoms with Crippen LogP contribution in [0.25, 0.3) is 0 Å². The average molecular weight is 567 g/mol. The monoisotopic (exact) mass is 566 g/mol. The van der Waals surface area contributed by atoms with Gasteiger partial charge >= 0.3 is 12.1 Å². The standard InChI is InChI=1S/C34H34N2O6/c1-40-33(38)31(22-25-11-5-2-6-12-25)35-32(37)30(36-34(39)42-24-28-15-9-4-10-16-28)21-26-17-19-29(20-18-26)41-23-27-13-7-3-8-14-27/h2-20,30-31H,21-24H2,1H3,(H,35,37)(H,36,39)/t30-,31+/m0/s1. The number of nitrogens with one attached hydrogen (secondary N) is 2. The number of hydrogen-bond acceptors (Lipinski definition) is 6. The predicted octanol–water partition coefficient (Wildman–Crippen LogP) is 5.00. The van der Waals surface area contributed by atoms with E-state index in [0.29, 0.717) is 12.4 Å². The number of carbonyl (C=O) groups excluding carboxylic acids is 3. The number of amides is 2. The molecule has 0 aliphatic heterocycles. The Kier molecular flexibility index (Phi) is 11.1. The van der Waals surface area contributed by atoms with Gasteiger partial charge in [-0.05, 0) is 34.4 Å². The molecule has 0 spiro atoms. The smallest absolute Gasteiger partial charge is 0.408 e. The summed E-state index contributed by atoms with van der Waals surface area (Å²) < 4.78 is 16.2. The Bertz CT molecular complexity index is 1410. The number of hydrogen-bond donors (Lipinski definition) is 2. The van der Waals surface area contributed by atoms with E-state index in [-0.39, 0.29) is 19.4 Å².